The van der Waals surface area contributed by atoms with Gasteiger partial charge in [-0.05, 0) is 49.8 Å². The number of halogens is 2. The first-order valence-electron chi connectivity index (χ1n) is 11.1. The number of aliphatic hydroxyl groups is 2. The monoisotopic (exact) mass is 452 g/mol. The lowest BCUT2D eigenvalue weighted by atomic mass is 9.44. The molecule has 0 heterocycles. The van der Waals surface area contributed by atoms with Crippen LogP contribution in [0.5, 0.6) is 0 Å². The molecular formula is C24H30F2O6. The summed E-state index contributed by atoms with van der Waals surface area (Å²) in [6, 6.07) is 0. The van der Waals surface area contributed by atoms with Gasteiger partial charge in [0.15, 0.2) is 17.1 Å². The molecule has 3 fully saturated rings. The highest BCUT2D eigenvalue weighted by molar-refractivity contribution is 6.01. The van der Waals surface area contributed by atoms with Crippen molar-refractivity contribution in [2.75, 3.05) is 6.61 Å². The summed E-state index contributed by atoms with van der Waals surface area (Å²) in [5.41, 5.74) is -6.74. The number of aliphatic hydroxyl groups excluding tert-OH is 2. The molecule has 0 radical (unpaired) electrons. The SMILES string of the molecule is CC(=O)O[C@@]1(C(=O)CO)C(C)C[C@H]2[C@@H]3CC(F)C4=CC(=O)C=C[C@]4(C)[C@@]3(F)[C@@H](O)C[C@@]21C. The van der Waals surface area contributed by atoms with Crippen LogP contribution in [0, 0.1) is 28.6 Å². The fraction of sp³-hybridized carbons (Fsp3) is 0.708. The number of ether oxygens (including phenoxy) is 1. The Balaban J connectivity index is 1.89. The Labute approximate surface area is 185 Å². The van der Waals surface area contributed by atoms with E-state index in [1.165, 1.54) is 19.1 Å². The smallest absolute Gasteiger partial charge is 0.303 e. The van der Waals surface area contributed by atoms with Gasteiger partial charge in [0.05, 0.1) is 6.10 Å². The first kappa shape index (κ1) is 23.2. The zero-order chi connectivity index (χ0) is 23.9. The van der Waals surface area contributed by atoms with E-state index >= 15 is 8.78 Å². The van der Waals surface area contributed by atoms with Crippen LogP contribution in [0.1, 0.15) is 47.0 Å². The highest BCUT2D eigenvalue weighted by atomic mass is 19.1. The van der Waals surface area contributed by atoms with Crippen molar-refractivity contribution in [2.24, 2.45) is 28.6 Å². The number of ketones is 2. The number of hydrogen-bond donors (Lipinski definition) is 2. The minimum absolute atomic E-state index is 0.0233. The molecule has 176 valence electrons. The molecule has 2 N–H and O–H groups in total. The molecule has 32 heavy (non-hydrogen) atoms. The van der Waals surface area contributed by atoms with Crippen LogP contribution in [0.4, 0.5) is 8.78 Å². The fourth-order valence-corrected chi connectivity index (χ4v) is 7.74. The molecule has 4 aliphatic carbocycles. The van der Waals surface area contributed by atoms with Crippen molar-refractivity contribution >= 4 is 17.5 Å². The molecular weight excluding hydrogens is 422 g/mol. The van der Waals surface area contributed by atoms with E-state index in [0.29, 0.717) is 0 Å². The number of hydrogen-bond acceptors (Lipinski definition) is 6. The van der Waals surface area contributed by atoms with Gasteiger partial charge in [-0.1, -0.05) is 19.9 Å². The largest absolute Gasteiger partial charge is 0.450 e. The van der Waals surface area contributed by atoms with Crippen LogP contribution in [0.25, 0.3) is 0 Å². The van der Waals surface area contributed by atoms with Gasteiger partial charge >= 0.3 is 5.97 Å². The highest BCUT2D eigenvalue weighted by Crippen LogP contribution is 2.71. The van der Waals surface area contributed by atoms with E-state index in [-0.39, 0.29) is 24.8 Å². The molecule has 2 unspecified atom stereocenters. The summed E-state index contributed by atoms with van der Waals surface area (Å²) in [6.45, 7) is 5.16. The van der Waals surface area contributed by atoms with E-state index in [4.69, 9.17) is 4.74 Å². The lowest BCUT2D eigenvalue weighted by molar-refractivity contribution is -0.231. The summed E-state index contributed by atoms with van der Waals surface area (Å²) in [7, 11) is 0. The summed E-state index contributed by atoms with van der Waals surface area (Å²) in [6.07, 6.45) is 0.273. The third-order valence-corrected chi connectivity index (χ3v) is 9.03. The molecule has 0 aliphatic heterocycles. The van der Waals surface area contributed by atoms with Crippen LogP contribution < -0.4 is 0 Å². The van der Waals surface area contributed by atoms with Crippen molar-refractivity contribution in [3.05, 3.63) is 23.8 Å². The summed E-state index contributed by atoms with van der Waals surface area (Å²) in [5, 5.41) is 21.0. The van der Waals surface area contributed by atoms with E-state index in [0.717, 1.165) is 13.0 Å². The predicted octanol–water partition coefficient (Wildman–Crippen LogP) is 2.41. The second-order valence-corrected chi connectivity index (χ2v) is 10.4. The zero-order valence-corrected chi connectivity index (χ0v) is 18.7. The summed E-state index contributed by atoms with van der Waals surface area (Å²) >= 11 is 0. The molecule has 6 nitrogen and oxygen atoms in total. The fourth-order valence-electron chi connectivity index (χ4n) is 7.74. The summed E-state index contributed by atoms with van der Waals surface area (Å²) in [4.78, 5) is 37.0. The van der Waals surface area contributed by atoms with Gasteiger partial charge in [0.2, 0.25) is 5.78 Å². The number of allylic oxidation sites excluding steroid dienone is 4. The first-order chi connectivity index (χ1) is 14.8. The molecule has 0 aromatic carbocycles. The summed E-state index contributed by atoms with van der Waals surface area (Å²) in [5.74, 6) is -3.99. The second kappa shape index (κ2) is 7.03. The number of rotatable bonds is 3. The Morgan fingerprint density at radius 1 is 1.25 bits per heavy atom. The van der Waals surface area contributed by atoms with Crippen molar-refractivity contribution in [1.82, 2.24) is 0 Å². The standard InChI is InChI=1S/C24H30F2O6/c1-12-7-15-16-9-18(25)17-8-14(29)5-6-21(17,3)23(16,26)19(30)10-22(15,4)24(12,20(31)11-27)32-13(2)28/h5-6,8,12,15-16,18-19,27,30H,7,9-11H2,1-4H3/t12?,15-,16-,18?,19-,21-,22-,23-,24+/m0/s1. The maximum absolute atomic E-state index is 17.1. The van der Waals surface area contributed by atoms with Crippen molar-refractivity contribution in [2.45, 2.75) is 70.5 Å². The number of fused-ring (bicyclic) bond motifs is 5. The van der Waals surface area contributed by atoms with Crippen LogP contribution in [0.15, 0.2) is 23.8 Å². The minimum atomic E-state index is -2.28. The molecule has 4 rings (SSSR count). The van der Waals surface area contributed by atoms with Gasteiger partial charge in [0.1, 0.15) is 12.8 Å². The van der Waals surface area contributed by atoms with E-state index in [9.17, 15) is 24.6 Å². The molecule has 0 aromatic rings. The third-order valence-electron chi connectivity index (χ3n) is 9.03. The van der Waals surface area contributed by atoms with E-state index in [1.807, 2.05) is 0 Å². The molecule has 0 amide bonds. The van der Waals surface area contributed by atoms with E-state index in [2.05, 4.69) is 0 Å². The van der Waals surface area contributed by atoms with Crippen LogP contribution in [0.2, 0.25) is 0 Å². The third kappa shape index (κ3) is 2.54. The van der Waals surface area contributed by atoms with E-state index in [1.54, 1.807) is 13.8 Å². The number of carbonyl (C=O) groups excluding carboxylic acids is 3. The van der Waals surface area contributed by atoms with Crippen LogP contribution in [-0.2, 0) is 19.1 Å². The predicted molar refractivity (Wildman–Crippen MR) is 110 cm³/mol. The lowest BCUT2D eigenvalue weighted by Gasteiger charge is -2.63. The number of Topliss-reactive ketones (excluding diaryl/α,β-unsaturated/α-hetero) is 1. The Kier molecular flexibility index (Phi) is 5.11. The Morgan fingerprint density at radius 3 is 2.50 bits per heavy atom. The van der Waals surface area contributed by atoms with Crippen LogP contribution >= 0.6 is 0 Å². The molecule has 8 heteroatoms. The molecule has 9 atom stereocenters. The van der Waals surface area contributed by atoms with Gasteiger partial charge in [-0.25, -0.2) is 8.78 Å². The van der Waals surface area contributed by atoms with Gasteiger partial charge in [-0.2, -0.15) is 0 Å². The average molecular weight is 452 g/mol. The minimum Gasteiger partial charge on any atom is -0.450 e. The molecule has 0 bridgehead atoms. The van der Waals surface area contributed by atoms with Crippen LogP contribution in [-0.4, -0.2) is 57.9 Å². The molecule has 0 saturated heterocycles. The van der Waals surface area contributed by atoms with Crippen molar-refractivity contribution in [1.29, 1.82) is 0 Å². The number of alkyl halides is 2. The van der Waals surface area contributed by atoms with Gasteiger partial charge in [-0.3, -0.25) is 14.4 Å². The maximum Gasteiger partial charge on any atom is 0.303 e. The van der Waals surface area contributed by atoms with Crippen molar-refractivity contribution < 1.29 is 38.1 Å². The average Bonchev–Trinajstić information content (AvgIpc) is 2.92. The Morgan fingerprint density at radius 2 is 1.91 bits per heavy atom. The quantitative estimate of drug-likeness (QED) is 0.638. The van der Waals surface area contributed by atoms with Crippen LogP contribution in [0.3, 0.4) is 0 Å². The number of carbonyl (C=O) groups is 3. The maximum atomic E-state index is 17.1. The normalized spacial score (nSPS) is 49.6. The highest BCUT2D eigenvalue weighted by Gasteiger charge is 2.77. The lowest BCUT2D eigenvalue weighted by Crippen LogP contribution is -2.71. The Hall–Kier alpha value is -1.93. The molecule has 0 spiro atoms. The summed E-state index contributed by atoms with van der Waals surface area (Å²) < 4.78 is 38.1. The van der Waals surface area contributed by atoms with Gasteiger partial charge < -0.3 is 14.9 Å². The van der Waals surface area contributed by atoms with Gasteiger partial charge in [-0.15, -0.1) is 0 Å². The molecule has 3 saturated carbocycles. The van der Waals surface area contributed by atoms with E-state index < -0.39 is 76.3 Å². The van der Waals surface area contributed by atoms with Crippen molar-refractivity contribution in [3.8, 4) is 0 Å². The Bertz CT molecular complexity index is 945. The molecule has 0 aromatic heterocycles. The van der Waals surface area contributed by atoms with Gasteiger partial charge in [0.25, 0.3) is 0 Å². The topological polar surface area (TPSA) is 101 Å². The zero-order valence-electron chi connectivity index (χ0n) is 18.7. The number of esters is 1. The molecule has 4 aliphatic rings. The van der Waals surface area contributed by atoms with Gasteiger partial charge in [0, 0.05) is 29.6 Å². The second-order valence-electron chi connectivity index (χ2n) is 10.4. The first-order valence-corrected chi connectivity index (χ1v) is 11.1. The van der Waals surface area contributed by atoms with Crippen molar-refractivity contribution in [3.63, 3.8) is 0 Å².